The molecule has 2 heterocycles. The van der Waals surface area contributed by atoms with Gasteiger partial charge in [0.2, 0.25) is 5.91 Å². The molecule has 11 N–H and O–H groups in total. The largest absolute Gasteiger partial charge is 0.435 e. The molecular formula is C26H33N11O3. The molecule has 1 aliphatic heterocycles. The van der Waals surface area contributed by atoms with Gasteiger partial charge in [-0.05, 0) is 56.1 Å². The van der Waals surface area contributed by atoms with E-state index in [-0.39, 0.29) is 35.3 Å². The summed E-state index contributed by atoms with van der Waals surface area (Å²) in [6.45, 7) is 0.537. The van der Waals surface area contributed by atoms with E-state index >= 15 is 0 Å². The summed E-state index contributed by atoms with van der Waals surface area (Å²) < 4.78 is 12.2. The monoisotopic (exact) mass is 547 g/mol. The molecule has 1 aromatic heterocycles. The Morgan fingerprint density at radius 3 is 2.60 bits per heavy atom. The molecule has 4 rings (SSSR count). The summed E-state index contributed by atoms with van der Waals surface area (Å²) in [5.74, 6) is 0.626. The van der Waals surface area contributed by atoms with Crippen molar-refractivity contribution >= 4 is 40.6 Å². The smallest absolute Gasteiger partial charge is 0.327 e. The lowest BCUT2D eigenvalue weighted by atomic mass is 10.1. The van der Waals surface area contributed by atoms with Crippen molar-refractivity contribution in [2.75, 3.05) is 36.2 Å². The molecule has 0 aliphatic carbocycles. The van der Waals surface area contributed by atoms with Crippen LogP contribution in [0.5, 0.6) is 23.4 Å². The quantitative estimate of drug-likeness (QED) is 0.104. The van der Waals surface area contributed by atoms with Crippen molar-refractivity contribution in [3.63, 3.8) is 0 Å². The van der Waals surface area contributed by atoms with Crippen molar-refractivity contribution in [3.8, 4) is 23.4 Å². The second-order valence-corrected chi connectivity index (χ2v) is 9.23. The van der Waals surface area contributed by atoms with E-state index in [4.69, 9.17) is 37.8 Å². The summed E-state index contributed by atoms with van der Waals surface area (Å²) in [7, 11) is 3.69. The molecule has 0 saturated carbocycles. The number of aliphatic imine (C=N–C) groups is 1. The lowest BCUT2D eigenvalue weighted by molar-refractivity contribution is -0.117. The number of nitrogens with zero attached hydrogens (tertiary/aromatic N) is 4. The van der Waals surface area contributed by atoms with E-state index in [0.717, 1.165) is 12.8 Å². The van der Waals surface area contributed by atoms with E-state index in [1.807, 2.05) is 19.0 Å². The van der Waals surface area contributed by atoms with Crippen LogP contribution in [0.4, 0.5) is 22.9 Å². The van der Waals surface area contributed by atoms with Crippen molar-refractivity contribution in [2.24, 2.45) is 27.9 Å². The summed E-state index contributed by atoms with van der Waals surface area (Å²) in [4.78, 5) is 27.8. The number of carbonyl (C=O) groups is 1. The van der Waals surface area contributed by atoms with Crippen LogP contribution in [0.1, 0.15) is 24.8 Å². The Balaban J connectivity index is 1.76. The highest BCUT2D eigenvalue weighted by atomic mass is 16.5. The molecule has 14 heteroatoms. The number of ether oxygens (including phenoxy) is 2. The number of hydrogen-bond acceptors (Lipinski definition) is 10. The maximum atomic E-state index is 12.9. The second-order valence-electron chi connectivity index (χ2n) is 9.23. The van der Waals surface area contributed by atoms with Gasteiger partial charge in [0.15, 0.2) is 17.5 Å². The van der Waals surface area contributed by atoms with Gasteiger partial charge in [-0.1, -0.05) is 6.07 Å². The first-order chi connectivity index (χ1) is 19.1. The molecule has 0 spiro atoms. The van der Waals surface area contributed by atoms with E-state index in [1.165, 1.54) is 0 Å². The van der Waals surface area contributed by atoms with Crippen LogP contribution in [-0.4, -0.2) is 54.4 Å². The zero-order valence-electron chi connectivity index (χ0n) is 22.3. The van der Waals surface area contributed by atoms with Crippen LogP contribution in [0.25, 0.3) is 0 Å². The highest BCUT2D eigenvalue weighted by molar-refractivity contribution is 6.03. The fraction of sp³-hybridized carbons (Fsp3) is 0.269. The summed E-state index contributed by atoms with van der Waals surface area (Å²) >= 11 is 0. The highest BCUT2D eigenvalue weighted by Crippen LogP contribution is 2.41. The summed E-state index contributed by atoms with van der Waals surface area (Å²) in [5, 5.41) is 13.9. The van der Waals surface area contributed by atoms with E-state index in [0.29, 0.717) is 47.2 Å². The molecule has 3 aromatic rings. The summed E-state index contributed by atoms with van der Waals surface area (Å²) in [6.07, 6.45) is 2.11. The van der Waals surface area contributed by atoms with Gasteiger partial charge in [0, 0.05) is 25.7 Å². The van der Waals surface area contributed by atoms with Crippen molar-refractivity contribution in [2.45, 2.75) is 25.3 Å². The normalized spacial score (nSPS) is 13.9. The van der Waals surface area contributed by atoms with Crippen LogP contribution in [-0.2, 0) is 4.79 Å². The van der Waals surface area contributed by atoms with E-state index in [9.17, 15) is 4.79 Å². The predicted molar refractivity (Wildman–Crippen MR) is 155 cm³/mol. The Hall–Kier alpha value is -5.11. The van der Waals surface area contributed by atoms with Gasteiger partial charge < -0.3 is 47.9 Å². The number of nitrogens with one attached hydrogen (secondary N) is 3. The molecule has 2 aromatic carbocycles. The third kappa shape index (κ3) is 6.66. The van der Waals surface area contributed by atoms with Crippen molar-refractivity contribution < 1.29 is 14.3 Å². The maximum Gasteiger partial charge on any atom is 0.327 e. The molecule has 1 unspecified atom stereocenters. The number of nitrogens with two attached hydrogens (primary N) is 4. The van der Waals surface area contributed by atoms with Gasteiger partial charge in [-0.25, -0.2) is 4.99 Å². The number of nitrogen functional groups attached to an aromatic ring is 1. The van der Waals surface area contributed by atoms with Gasteiger partial charge in [0.05, 0.1) is 11.4 Å². The number of anilines is 3. The van der Waals surface area contributed by atoms with Crippen LogP contribution in [0.3, 0.4) is 0 Å². The Morgan fingerprint density at radius 1 is 1.10 bits per heavy atom. The van der Waals surface area contributed by atoms with Gasteiger partial charge in [0.1, 0.15) is 23.3 Å². The number of rotatable bonds is 11. The fourth-order valence-electron chi connectivity index (χ4n) is 4.00. The fourth-order valence-corrected chi connectivity index (χ4v) is 4.00. The lowest BCUT2D eigenvalue weighted by Gasteiger charge is -2.27. The first kappa shape index (κ1) is 27.9. The number of guanidine groups is 1. The number of carbonyl (C=O) groups excluding carboxylic acids is 1. The predicted octanol–water partition coefficient (Wildman–Crippen LogP) is 2.18. The number of hydrogen-bond donors (Lipinski definition) is 7. The highest BCUT2D eigenvalue weighted by Gasteiger charge is 2.31. The number of unbranched alkanes of at least 4 members (excludes halogenated alkanes) is 1. The Morgan fingerprint density at radius 2 is 1.90 bits per heavy atom. The Labute approximate surface area is 231 Å². The van der Waals surface area contributed by atoms with Crippen molar-refractivity contribution in [1.82, 2.24) is 9.97 Å². The first-order valence-electron chi connectivity index (χ1n) is 12.5. The zero-order valence-corrected chi connectivity index (χ0v) is 22.3. The zero-order chi connectivity index (χ0) is 28.8. The molecule has 1 atom stereocenters. The molecule has 0 fully saturated rings. The number of amides is 1. The van der Waals surface area contributed by atoms with Crippen molar-refractivity contribution in [1.29, 1.82) is 5.41 Å². The molecule has 0 saturated heterocycles. The first-order valence-corrected chi connectivity index (χ1v) is 12.5. The molecule has 210 valence electrons. The number of fused-ring (bicyclic) bond motifs is 1. The van der Waals surface area contributed by atoms with Crippen molar-refractivity contribution in [3.05, 3.63) is 48.0 Å². The molecular weight excluding hydrogens is 514 g/mol. The second kappa shape index (κ2) is 12.2. The number of aromatic nitrogens is 2. The van der Waals surface area contributed by atoms with Crippen LogP contribution in [0, 0.1) is 5.41 Å². The average molecular weight is 548 g/mol. The van der Waals surface area contributed by atoms with Crippen LogP contribution < -0.4 is 47.9 Å². The topological polar surface area (TPSA) is 229 Å². The number of benzene rings is 2. The Bertz CT molecular complexity index is 1440. The van der Waals surface area contributed by atoms with E-state index in [2.05, 4.69) is 25.6 Å². The minimum Gasteiger partial charge on any atom is -0.435 e. The maximum absolute atomic E-state index is 12.9. The van der Waals surface area contributed by atoms with E-state index in [1.54, 1.807) is 42.5 Å². The third-order valence-corrected chi connectivity index (χ3v) is 5.92. The molecule has 1 amide bonds. The van der Waals surface area contributed by atoms with Crippen LogP contribution >= 0.6 is 0 Å². The standard InChI is InChI=1S/C26H33N11O3/c1-37(2)18-10-9-14(21(28)29)12-19(18)40-24-20-22(33-17(23(38)34-20)8-3-4-11-27)35-26(36-24)39-16-7-5-6-15(13-16)32-25(30)31/h5-7,9-10,12-13,17H,3-4,8,11,27H2,1-2H3,(H3,28,29)(H,34,38)(H4,30,31,32)(H,33,35,36). The van der Waals surface area contributed by atoms with Crippen LogP contribution in [0.15, 0.2) is 47.5 Å². The average Bonchev–Trinajstić information content (AvgIpc) is 2.89. The molecule has 1 aliphatic rings. The minimum atomic E-state index is -0.529. The lowest BCUT2D eigenvalue weighted by Crippen LogP contribution is -2.39. The SMILES string of the molecule is CN(C)c1ccc(C(=N)N)cc1Oc1nc(Oc2cccc(N=C(N)N)c2)nc2c1NC(=O)C(CCCCN)N2. The van der Waals surface area contributed by atoms with Gasteiger partial charge in [-0.2, -0.15) is 9.97 Å². The van der Waals surface area contributed by atoms with Gasteiger partial charge >= 0.3 is 6.01 Å². The molecule has 14 nitrogen and oxygen atoms in total. The van der Waals surface area contributed by atoms with E-state index < -0.39 is 6.04 Å². The van der Waals surface area contributed by atoms with Gasteiger partial charge in [-0.3, -0.25) is 10.2 Å². The minimum absolute atomic E-state index is 0.0328. The molecule has 0 radical (unpaired) electrons. The Kier molecular flexibility index (Phi) is 8.49. The van der Waals surface area contributed by atoms with Crippen LogP contribution in [0.2, 0.25) is 0 Å². The molecule has 40 heavy (non-hydrogen) atoms. The third-order valence-electron chi connectivity index (χ3n) is 5.92. The van der Waals surface area contributed by atoms with Gasteiger partial charge in [0.25, 0.3) is 5.88 Å². The summed E-state index contributed by atoms with van der Waals surface area (Å²) in [5.41, 5.74) is 24.2. The number of amidine groups is 1. The summed E-state index contributed by atoms with van der Waals surface area (Å²) in [6, 6.07) is 11.3. The van der Waals surface area contributed by atoms with Gasteiger partial charge in [-0.15, -0.1) is 0 Å². The molecule has 0 bridgehead atoms.